The number of rotatable bonds is 7. The van der Waals surface area contributed by atoms with Gasteiger partial charge in [0, 0.05) is 26.0 Å². The summed E-state index contributed by atoms with van der Waals surface area (Å²) in [6.45, 7) is 6.57. The average molecular weight is 308 g/mol. The first-order chi connectivity index (χ1) is 10.2. The van der Waals surface area contributed by atoms with Crippen LogP contribution in [-0.4, -0.2) is 27.7 Å². The summed E-state index contributed by atoms with van der Waals surface area (Å²) < 4.78 is 7.84. The van der Waals surface area contributed by atoms with Gasteiger partial charge < -0.3 is 9.30 Å². The molecule has 2 heterocycles. The summed E-state index contributed by atoms with van der Waals surface area (Å²) in [5.41, 5.74) is 3.03. The average Bonchev–Trinajstić information content (AvgIpc) is 3.19. The minimum absolute atomic E-state index is 0.119. The molecule has 3 rings (SSSR count). The van der Waals surface area contributed by atoms with Gasteiger partial charge in [-0.2, -0.15) is 0 Å². The van der Waals surface area contributed by atoms with Crippen LogP contribution in [0, 0.1) is 12.8 Å². The van der Waals surface area contributed by atoms with Crippen LogP contribution < -0.4 is 0 Å². The number of hydrogen-bond donors (Lipinski definition) is 0. The molecule has 0 aliphatic heterocycles. The van der Waals surface area contributed by atoms with Gasteiger partial charge in [0.15, 0.2) is 5.65 Å². The number of alkyl halides is 1. The molecule has 2 aromatic rings. The zero-order valence-corrected chi connectivity index (χ0v) is 13.4. The van der Waals surface area contributed by atoms with Crippen molar-refractivity contribution < 1.29 is 4.74 Å². The van der Waals surface area contributed by atoms with Gasteiger partial charge in [-0.25, -0.2) is 9.97 Å². The Morgan fingerprint density at radius 2 is 2.29 bits per heavy atom. The van der Waals surface area contributed by atoms with Crippen LogP contribution in [0.25, 0.3) is 11.2 Å². The van der Waals surface area contributed by atoms with E-state index >= 15 is 0 Å². The third-order valence-electron chi connectivity index (χ3n) is 3.94. The van der Waals surface area contributed by atoms with Gasteiger partial charge in [0.25, 0.3) is 0 Å². The number of imidazole rings is 1. The molecule has 1 unspecified atom stereocenters. The number of halogens is 1. The van der Waals surface area contributed by atoms with Crippen LogP contribution in [-0.2, 0) is 11.3 Å². The Bertz CT molecular complexity index is 619. The highest BCUT2D eigenvalue weighted by Gasteiger charge is 2.21. The van der Waals surface area contributed by atoms with E-state index in [9.17, 15) is 0 Å². The first-order valence-corrected chi connectivity index (χ1v) is 8.14. The smallest absolute Gasteiger partial charge is 0.160 e. The van der Waals surface area contributed by atoms with Crippen molar-refractivity contribution in [3.63, 3.8) is 0 Å². The second-order valence-electron chi connectivity index (χ2n) is 5.91. The van der Waals surface area contributed by atoms with Gasteiger partial charge in [0.1, 0.15) is 11.3 Å². The molecule has 0 N–H and O–H groups in total. The molecule has 1 atom stereocenters. The second-order valence-corrected chi connectivity index (χ2v) is 6.56. The van der Waals surface area contributed by atoms with Gasteiger partial charge in [-0.3, -0.25) is 0 Å². The molecule has 1 fully saturated rings. The number of aromatic nitrogens is 3. The molecule has 1 aliphatic rings. The highest BCUT2D eigenvalue weighted by atomic mass is 35.5. The molecule has 0 spiro atoms. The van der Waals surface area contributed by atoms with E-state index in [0.29, 0.717) is 0 Å². The monoisotopic (exact) mass is 307 g/mol. The summed E-state index contributed by atoms with van der Waals surface area (Å²) in [5, 5.41) is -0.119. The van der Waals surface area contributed by atoms with E-state index in [0.717, 1.165) is 54.6 Å². The maximum Gasteiger partial charge on any atom is 0.160 e. The Labute approximate surface area is 130 Å². The standard InChI is InChI=1S/C16H22ClN3O/c1-11-6-7-18-16-14(11)19-15(12(2)17)20(16)8-3-9-21-10-13-4-5-13/h6-7,12-13H,3-5,8-10H2,1-2H3. The van der Waals surface area contributed by atoms with Crippen LogP contribution in [0.3, 0.4) is 0 Å². The molecule has 114 valence electrons. The summed E-state index contributed by atoms with van der Waals surface area (Å²) in [7, 11) is 0. The Morgan fingerprint density at radius 3 is 3.00 bits per heavy atom. The van der Waals surface area contributed by atoms with Crippen LogP contribution in [0.5, 0.6) is 0 Å². The lowest BCUT2D eigenvalue weighted by molar-refractivity contribution is 0.119. The molecule has 1 aliphatic carbocycles. The molecule has 1 saturated carbocycles. The fourth-order valence-corrected chi connectivity index (χ4v) is 2.71. The maximum absolute atomic E-state index is 6.28. The van der Waals surface area contributed by atoms with Crippen molar-refractivity contribution in [1.29, 1.82) is 0 Å². The Balaban J connectivity index is 1.72. The number of fused-ring (bicyclic) bond motifs is 1. The van der Waals surface area contributed by atoms with Crippen molar-refractivity contribution >= 4 is 22.8 Å². The van der Waals surface area contributed by atoms with Crippen molar-refractivity contribution in [3.05, 3.63) is 23.7 Å². The van der Waals surface area contributed by atoms with Gasteiger partial charge in [-0.05, 0) is 50.7 Å². The molecular weight excluding hydrogens is 286 g/mol. The largest absolute Gasteiger partial charge is 0.381 e. The Hall–Kier alpha value is -1.13. The molecule has 0 radical (unpaired) electrons. The van der Waals surface area contributed by atoms with Gasteiger partial charge in [-0.1, -0.05) is 0 Å². The summed E-state index contributed by atoms with van der Waals surface area (Å²) in [5.74, 6) is 1.72. The molecule has 21 heavy (non-hydrogen) atoms. The number of pyridine rings is 1. The molecule has 2 aromatic heterocycles. The van der Waals surface area contributed by atoms with Gasteiger partial charge >= 0.3 is 0 Å². The van der Waals surface area contributed by atoms with E-state index in [1.165, 1.54) is 12.8 Å². The maximum atomic E-state index is 6.28. The van der Waals surface area contributed by atoms with Gasteiger partial charge in [-0.15, -0.1) is 11.6 Å². The first-order valence-electron chi connectivity index (χ1n) is 7.70. The minimum atomic E-state index is -0.119. The second kappa shape index (κ2) is 6.32. The van der Waals surface area contributed by atoms with Crippen LogP contribution in [0.2, 0.25) is 0 Å². The molecule has 4 nitrogen and oxygen atoms in total. The van der Waals surface area contributed by atoms with Crippen molar-refractivity contribution in [2.75, 3.05) is 13.2 Å². The number of ether oxygens (including phenoxy) is 1. The van der Waals surface area contributed by atoms with Crippen molar-refractivity contribution in [2.45, 2.75) is 45.0 Å². The van der Waals surface area contributed by atoms with Crippen LogP contribution in [0.15, 0.2) is 12.3 Å². The third-order valence-corrected chi connectivity index (χ3v) is 4.14. The van der Waals surface area contributed by atoms with Crippen LogP contribution in [0.1, 0.15) is 43.0 Å². The predicted octanol–water partition coefficient (Wildman–Crippen LogP) is 3.86. The Morgan fingerprint density at radius 1 is 1.48 bits per heavy atom. The zero-order chi connectivity index (χ0) is 14.8. The van der Waals surface area contributed by atoms with Crippen molar-refractivity contribution in [3.8, 4) is 0 Å². The number of hydrogen-bond acceptors (Lipinski definition) is 3. The molecule has 0 saturated heterocycles. The molecule has 5 heteroatoms. The van der Waals surface area contributed by atoms with E-state index in [-0.39, 0.29) is 5.38 Å². The lowest BCUT2D eigenvalue weighted by Crippen LogP contribution is -2.08. The SMILES string of the molecule is Cc1ccnc2c1nc(C(C)Cl)n2CCCOCC1CC1. The lowest BCUT2D eigenvalue weighted by atomic mass is 10.3. The fraction of sp³-hybridized carbons (Fsp3) is 0.625. The van der Waals surface area contributed by atoms with E-state index in [2.05, 4.69) is 21.5 Å². The van der Waals surface area contributed by atoms with Crippen molar-refractivity contribution in [1.82, 2.24) is 14.5 Å². The highest BCUT2D eigenvalue weighted by Crippen LogP contribution is 2.29. The highest BCUT2D eigenvalue weighted by molar-refractivity contribution is 6.20. The predicted molar refractivity (Wildman–Crippen MR) is 84.7 cm³/mol. The van der Waals surface area contributed by atoms with Gasteiger partial charge in [0.05, 0.1) is 5.38 Å². The number of aryl methyl sites for hydroxylation is 2. The van der Waals surface area contributed by atoms with Crippen molar-refractivity contribution in [2.24, 2.45) is 5.92 Å². The quantitative estimate of drug-likeness (QED) is 0.576. The third kappa shape index (κ3) is 3.38. The summed E-state index contributed by atoms with van der Waals surface area (Å²) >= 11 is 6.28. The summed E-state index contributed by atoms with van der Waals surface area (Å²) in [6, 6.07) is 1.99. The number of nitrogens with zero attached hydrogens (tertiary/aromatic N) is 3. The van der Waals surface area contributed by atoms with Crippen LogP contribution in [0.4, 0.5) is 0 Å². The topological polar surface area (TPSA) is 39.9 Å². The lowest BCUT2D eigenvalue weighted by Gasteiger charge is -2.10. The van der Waals surface area contributed by atoms with E-state index in [1.807, 2.05) is 19.2 Å². The normalized spacial score (nSPS) is 16.5. The van der Waals surface area contributed by atoms with Crippen LogP contribution >= 0.6 is 11.6 Å². The van der Waals surface area contributed by atoms with E-state index < -0.39 is 0 Å². The first kappa shape index (κ1) is 14.8. The zero-order valence-electron chi connectivity index (χ0n) is 12.7. The van der Waals surface area contributed by atoms with E-state index in [4.69, 9.17) is 16.3 Å². The summed E-state index contributed by atoms with van der Waals surface area (Å²) in [6.07, 6.45) is 5.47. The Kier molecular flexibility index (Phi) is 4.45. The van der Waals surface area contributed by atoms with E-state index in [1.54, 1.807) is 0 Å². The summed E-state index contributed by atoms with van der Waals surface area (Å²) in [4.78, 5) is 9.16. The fourth-order valence-electron chi connectivity index (χ4n) is 2.54. The molecule has 0 amide bonds. The molecular formula is C16H22ClN3O. The minimum Gasteiger partial charge on any atom is -0.381 e. The van der Waals surface area contributed by atoms with Gasteiger partial charge in [0.2, 0.25) is 0 Å². The molecule has 0 aromatic carbocycles. The molecule has 0 bridgehead atoms.